The van der Waals surface area contributed by atoms with Gasteiger partial charge in [0.2, 0.25) is 0 Å². The van der Waals surface area contributed by atoms with E-state index in [1.807, 2.05) is 43.3 Å². The van der Waals surface area contributed by atoms with Crippen molar-refractivity contribution >= 4 is 48.9 Å². The molecule has 0 amide bonds. The maximum absolute atomic E-state index is 12.8. The Morgan fingerprint density at radius 3 is 2.54 bits per heavy atom. The average Bonchev–Trinajstić information content (AvgIpc) is 3.09. The number of sulfonamides is 1. The molecule has 4 nitrogen and oxygen atoms in total. The summed E-state index contributed by atoms with van der Waals surface area (Å²) in [5.74, 6) is 0. The summed E-state index contributed by atoms with van der Waals surface area (Å²) in [6, 6.07) is 18.4. The maximum Gasteiger partial charge on any atom is 0.262 e. The van der Waals surface area contributed by atoms with E-state index in [1.165, 1.54) is 0 Å². The fourth-order valence-corrected chi connectivity index (χ4v) is 5.58. The van der Waals surface area contributed by atoms with Gasteiger partial charge in [-0.3, -0.25) is 4.72 Å². The largest absolute Gasteiger partial charge is 0.279 e. The lowest BCUT2D eigenvalue weighted by molar-refractivity contribution is 0.600. The molecule has 142 valence electrons. The SMILES string of the molecule is Cc1cc(-c2nc3ccccc3s2)ccc1NS(=O)(=O)c1cccc(Cl)c1C. The molecule has 0 aliphatic heterocycles. The van der Waals surface area contributed by atoms with Crippen LogP contribution in [0, 0.1) is 13.8 Å². The predicted octanol–water partition coefficient (Wildman–Crippen LogP) is 6.03. The van der Waals surface area contributed by atoms with Crippen molar-refractivity contribution in [2.75, 3.05) is 4.72 Å². The van der Waals surface area contributed by atoms with Gasteiger partial charge in [0, 0.05) is 10.6 Å². The summed E-state index contributed by atoms with van der Waals surface area (Å²) in [5.41, 5.74) is 3.80. The zero-order valence-electron chi connectivity index (χ0n) is 15.2. The first kappa shape index (κ1) is 18.9. The van der Waals surface area contributed by atoms with Crippen LogP contribution in [0.2, 0.25) is 5.02 Å². The molecule has 0 radical (unpaired) electrons. The van der Waals surface area contributed by atoms with Crippen molar-refractivity contribution in [2.45, 2.75) is 18.7 Å². The van der Waals surface area contributed by atoms with Crippen molar-refractivity contribution in [3.63, 3.8) is 0 Å². The monoisotopic (exact) mass is 428 g/mol. The van der Waals surface area contributed by atoms with Gasteiger partial charge >= 0.3 is 0 Å². The molecule has 28 heavy (non-hydrogen) atoms. The second kappa shape index (κ2) is 7.20. The topological polar surface area (TPSA) is 59.1 Å². The molecule has 0 aliphatic rings. The molecular formula is C21H17ClN2O2S2. The Labute approximate surface area is 172 Å². The van der Waals surface area contributed by atoms with Gasteiger partial charge in [-0.15, -0.1) is 11.3 Å². The van der Waals surface area contributed by atoms with E-state index < -0.39 is 10.0 Å². The fraction of sp³-hybridized carbons (Fsp3) is 0.0952. The minimum Gasteiger partial charge on any atom is -0.279 e. The van der Waals surface area contributed by atoms with Gasteiger partial charge in [0.15, 0.2) is 0 Å². The van der Waals surface area contributed by atoms with E-state index in [9.17, 15) is 8.42 Å². The summed E-state index contributed by atoms with van der Waals surface area (Å²) < 4.78 is 29.4. The molecule has 0 spiro atoms. The molecular weight excluding hydrogens is 412 g/mol. The number of nitrogens with zero attached hydrogens (tertiary/aromatic N) is 1. The number of nitrogens with one attached hydrogen (secondary N) is 1. The number of aromatic nitrogens is 1. The number of halogens is 1. The van der Waals surface area contributed by atoms with Crippen LogP contribution in [0.15, 0.2) is 65.6 Å². The van der Waals surface area contributed by atoms with Crippen LogP contribution in [0.25, 0.3) is 20.8 Å². The number of fused-ring (bicyclic) bond motifs is 1. The number of hydrogen-bond acceptors (Lipinski definition) is 4. The number of hydrogen-bond donors (Lipinski definition) is 1. The quantitative estimate of drug-likeness (QED) is 0.431. The van der Waals surface area contributed by atoms with Crippen molar-refractivity contribution in [1.82, 2.24) is 4.98 Å². The molecule has 7 heteroatoms. The first-order valence-electron chi connectivity index (χ1n) is 8.60. The number of aryl methyl sites for hydroxylation is 1. The molecule has 0 bridgehead atoms. The third kappa shape index (κ3) is 3.51. The molecule has 1 N–H and O–H groups in total. The molecule has 1 heterocycles. The van der Waals surface area contributed by atoms with Crippen molar-refractivity contribution in [3.05, 3.63) is 76.8 Å². The highest BCUT2D eigenvalue weighted by molar-refractivity contribution is 7.92. The fourth-order valence-electron chi connectivity index (χ4n) is 2.99. The molecule has 0 unspecified atom stereocenters. The zero-order chi connectivity index (χ0) is 19.9. The zero-order valence-corrected chi connectivity index (χ0v) is 17.6. The minimum absolute atomic E-state index is 0.176. The summed E-state index contributed by atoms with van der Waals surface area (Å²) in [6.07, 6.45) is 0. The highest BCUT2D eigenvalue weighted by Crippen LogP contribution is 2.33. The van der Waals surface area contributed by atoms with Crippen LogP contribution in [0.5, 0.6) is 0 Å². The normalized spacial score (nSPS) is 11.7. The van der Waals surface area contributed by atoms with Crippen LogP contribution in [0.4, 0.5) is 5.69 Å². The number of benzene rings is 3. The molecule has 0 saturated heterocycles. The lowest BCUT2D eigenvalue weighted by Gasteiger charge is -2.13. The van der Waals surface area contributed by atoms with Gasteiger partial charge in [-0.25, -0.2) is 13.4 Å². The van der Waals surface area contributed by atoms with Crippen molar-refractivity contribution < 1.29 is 8.42 Å². The highest BCUT2D eigenvalue weighted by Gasteiger charge is 2.19. The van der Waals surface area contributed by atoms with Crippen LogP contribution in [-0.2, 0) is 10.0 Å². The van der Waals surface area contributed by atoms with Gasteiger partial charge < -0.3 is 0 Å². The first-order valence-corrected chi connectivity index (χ1v) is 11.3. The molecule has 4 aromatic rings. The van der Waals surface area contributed by atoms with E-state index >= 15 is 0 Å². The molecule has 1 aromatic heterocycles. The Morgan fingerprint density at radius 2 is 1.79 bits per heavy atom. The van der Waals surface area contributed by atoms with E-state index in [0.29, 0.717) is 16.3 Å². The second-order valence-corrected chi connectivity index (χ2v) is 9.57. The van der Waals surface area contributed by atoms with Crippen molar-refractivity contribution in [3.8, 4) is 10.6 Å². The standard InChI is InChI=1S/C21H17ClN2O2S2/c1-13-12-15(21-23-18-7-3-4-8-19(18)27-21)10-11-17(13)24-28(25,26)20-9-5-6-16(22)14(20)2/h3-12,24H,1-2H3. The summed E-state index contributed by atoms with van der Waals surface area (Å²) in [5, 5.41) is 1.33. The molecule has 0 aliphatic carbocycles. The van der Waals surface area contributed by atoms with E-state index in [0.717, 1.165) is 26.4 Å². The summed E-state index contributed by atoms with van der Waals surface area (Å²) in [4.78, 5) is 4.84. The Kier molecular flexibility index (Phi) is 4.87. The lowest BCUT2D eigenvalue weighted by atomic mass is 10.1. The lowest BCUT2D eigenvalue weighted by Crippen LogP contribution is -2.15. The summed E-state index contributed by atoms with van der Waals surface area (Å²) in [6.45, 7) is 3.57. The Hall–Kier alpha value is -2.41. The van der Waals surface area contributed by atoms with Gasteiger partial charge in [0.05, 0.1) is 20.8 Å². The number of anilines is 1. The van der Waals surface area contributed by atoms with Gasteiger partial charge in [0.25, 0.3) is 10.0 Å². The summed E-state index contributed by atoms with van der Waals surface area (Å²) >= 11 is 7.69. The van der Waals surface area contributed by atoms with E-state index in [4.69, 9.17) is 11.6 Å². The van der Waals surface area contributed by atoms with Crippen LogP contribution >= 0.6 is 22.9 Å². The molecule has 0 fully saturated rings. The second-order valence-electron chi connectivity index (χ2n) is 6.48. The minimum atomic E-state index is -3.73. The highest BCUT2D eigenvalue weighted by atomic mass is 35.5. The number of thiazole rings is 1. The first-order chi connectivity index (χ1) is 13.3. The van der Waals surface area contributed by atoms with Gasteiger partial charge in [-0.1, -0.05) is 29.8 Å². The Bertz CT molecular complexity index is 1260. The smallest absolute Gasteiger partial charge is 0.262 e. The van der Waals surface area contributed by atoms with E-state index in [1.54, 1.807) is 42.5 Å². The third-order valence-electron chi connectivity index (χ3n) is 4.52. The molecule has 0 atom stereocenters. The Balaban J connectivity index is 1.67. The van der Waals surface area contributed by atoms with Crippen LogP contribution in [0.3, 0.4) is 0 Å². The van der Waals surface area contributed by atoms with Crippen LogP contribution < -0.4 is 4.72 Å². The Morgan fingerprint density at radius 1 is 1.00 bits per heavy atom. The van der Waals surface area contributed by atoms with Crippen molar-refractivity contribution in [2.24, 2.45) is 0 Å². The van der Waals surface area contributed by atoms with Crippen molar-refractivity contribution in [1.29, 1.82) is 0 Å². The average molecular weight is 429 g/mol. The maximum atomic E-state index is 12.8. The number of para-hydroxylation sites is 1. The van der Waals surface area contributed by atoms with E-state index in [2.05, 4.69) is 9.71 Å². The number of rotatable bonds is 4. The predicted molar refractivity (Wildman–Crippen MR) is 117 cm³/mol. The van der Waals surface area contributed by atoms with Gasteiger partial charge in [-0.2, -0.15) is 0 Å². The van der Waals surface area contributed by atoms with Crippen LogP contribution in [0.1, 0.15) is 11.1 Å². The molecule has 4 rings (SSSR count). The van der Waals surface area contributed by atoms with Crippen LogP contribution in [-0.4, -0.2) is 13.4 Å². The van der Waals surface area contributed by atoms with Gasteiger partial charge in [0.1, 0.15) is 5.01 Å². The molecule has 3 aromatic carbocycles. The summed E-state index contributed by atoms with van der Waals surface area (Å²) in [7, 11) is -3.73. The van der Waals surface area contributed by atoms with E-state index in [-0.39, 0.29) is 4.90 Å². The van der Waals surface area contributed by atoms with Gasteiger partial charge in [-0.05, 0) is 67.4 Å². The third-order valence-corrected chi connectivity index (χ3v) is 7.52. The molecule has 0 saturated carbocycles.